The topological polar surface area (TPSA) is 71.6 Å². The minimum Gasteiger partial charge on any atom is -0.395 e. The Hall–Kier alpha value is -1.01. The fourth-order valence-corrected chi connectivity index (χ4v) is 2.60. The van der Waals surface area contributed by atoms with E-state index in [4.69, 9.17) is 10.5 Å². The Bertz CT molecular complexity index is 374. The molecule has 2 rings (SSSR count). The quantitative estimate of drug-likeness (QED) is 0.813. The van der Waals surface area contributed by atoms with Crippen molar-refractivity contribution in [2.75, 3.05) is 26.4 Å². The van der Waals surface area contributed by atoms with Crippen molar-refractivity contribution in [3.8, 4) is 0 Å². The molecule has 3 N–H and O–H groups in total. The lowest BCUT2D eigenvalue weighted by Gasteiger charge is -2.42. The van der Waals surface area contributed by atoms with Crippen molar-refractivity contribution < 1.29 is 9.84 Å². The van der Waals surface area contributed by atoms with Gasteiger partial charge in [-0.15, -0.1) is 0 Å². The van der Waals surface area contributed by atoms with Crippen LogP contribution in [0.2, 0.25) is 0 Å². The van der Waals surface area contributed by atoms with Crippen LogP contribution in [-0.2, 0) is 4.74 Å². The number of aliphatic hydroxyl groups is 1. The van der Waals surface area contributed by atoms with Crippen LogP contribution < -0.4 is 5.73 Å². The Morgan fingerprint density at radius 3 is 3.05 bits per heavy atom. The maximum atomic E-state index is 9.53. The summed E-state index contributed by atoms with van der Waals surface area (Å²) in [5.74, 6) is 0. The second-order valence-corrected chi connectivity index (χ2v) is 4.92. The molecule has 0 amide bonds. The SMILES string of the molecule is CCC(N)C(c1ccccn1)N1CCOCC1CO. The highest BCUT2D eigenvalue weighted by Gasteiger charge is 2.33. The van der Waals surface area contributed by atoms with Gasteiger partial charge in [-0.3, -0.25) is 9.88 Å². The lowest BCUT2D eigenvalue weighted by Crippen LogP contribution is -2.53. The van der Waals surface area contributed by atoms with Crippen LogP contribution >= 0.6 is 0 Å². The number of pyridine rings is 1. The van der Waals surface area contributed by atoms with E-state index in [0.717, 1.165) is 18.7 Å². The van der Waals surface area contributed by atoms with E-state index in [1.807, 2.05) is 18.2 Å². The zero-order chi connectivity index (χ0) is 13.7. The first-order chi connectivity index (χ1) is 9.27. The summed E-state index contributed by atoms with van der Waals surface area (Å²) in [7, 11) is 0. The van der Waals surface area contributed by atoms with Gasteiger partial charge in [-0.05, 0) is 18.6 Å². The molecule has 5 heteroatoms. The van der Waals surface area contributed by atoms with Crippen LogP contribution in [0.25, 0.3) is 0 Å². The predicted octanol–water partition coefficient (Wildman–Crippen LogP) is 0.553. The number of ether oxygens (including phenoxy) is 1. The van der Waals surface area contributed by atoms with Gasteiger partial charge < -0.3 is 15.6 Å². The molecule has 19 heavy (non-hydrogen) atoms. The number of hydrogen-bond acceptors (Lipinski definition) is 5. The highest BCUT2D eigenvalue weighted by Crippen LogP contribution is 2.27. The number of hydrogen-bond donors (Lipinski definition) is 2. The highest BCUT2D eigenvalue weighted by molar-refractivity contribution is 5.12. The number of aliphatic hydroxyl groups excluding tert-OH is 1. The Kier molecular flexibility index (Phi) is 5.27. The van der Waals surface area contributed by atoms with Crippen LogP contribution in [0.5, 0.6) is 0 Å². The van der Waals surface area contributed by atoms with Crippen LogP contribution in [-0.4, -0.2) is 53.4 Å². The lowest BCUT2D eigenvalue weighted by atomic mass is 9.98. The standard InChI is InChI=1S/C14H23N3O2/c1-2-12(15)14(13-5-3-4-6-16-13)17-7-8-19-10-11(17)9-18/h3-6,11-12,14,18H,2,7-10,15H2,1H3. The van der Waals surface area contributed by atoms with E-state index < -0.39 is 0 Å². The van der Waals surface area contributed by atoms with Crippen molar-refractivity contribution in [2.45, 2.75) is 31.5 Å². The fraction of sp³-hybridized carbons (Fsp3) is 0.643. The molecule has 0 aromatic carbocycles. The van der Waals surface area contributed by atoms with Crippen LogP contribution in [0.4, 0.5) is 0 Å². The van der Waals surface area contributed by atoms with Gasteiger partial charge in [0.1, 0.15) is 0 Å². The highest BCUT2D eigenvalue weighted by atomic mass is 16.5. The Morgan fingerprint density at radius 2 is 2.42 bits per heavy atom. The second kappa shape index (κ2) is 6.96. The molecular formula is C14H23N3O2. The molecule has 0 spiro atoms. The van der Waals surface area contributed by atoms with Crippen LogP contribution in [0.1, 0.15) is 25.1 Å². The summed E-state index contributed by atoms with van der Waals surface area (Å²) in [6, 6.07) is 5.92. The zero-order valence-corrected chi connectivity index (χ0v) is 11.4. The third-order valence-electron chi connectivity index (χ3n) is 3.71. The molecule has 5 nitrogen and oxygen atoms in total. The number of rotatable bonds is 5. The van der Waals surface area contributed by atoms with E-state index >= 15 is 0 Å². The fourth-order valence-electron chi connectivity index (χ4n) is 2.60. The normalized spacial score (nSPS) is 24.1. The summed E-state index contributed by atoms with van der Waals surface area (Å²) in [6.45, 7) is 4.17. The molecular weight excluding hydrogens is 242 g/mol. The van der Waals surface area contributed by atoms with E-state index in [2.05, 4.69) is 16.8 Å². The first-order valence-electron chi connectivity index (χ1n) is 6.88. The molecule has 2 heterocycles. The van der Waals surface area contributed by atoms with Gasteiger partial charge in [0.25, 0.3) is 0 Å². The van der Waals surface area contributed by atoms with E-state index in [9.17, 15) is 5.11 Å². The number of nitrogens with two attached hydrogens (primary N) is 1. The molecule has 1 saturated heterocycles. The molecule has 1 aliphatic heterocycles. The van der Waals surface area contributed by atoms with Crippen molar-refractivity contribution in [3.05, 3.63) is 30.1 Å². The third kappa shape index (κ3) is 3.30. The van der Waals surface area contributed by atoms with Gasteiger partial charge in [0, 0.05) is 18.8 Å². The van der Waals surface area contributed by atoms with Gasteiger partial charge in [-0.25, -0.2) is 0 Å². The number of aromatic nitrogens is 1. The summed E-state index contributed by atoms with van der Waals surface area (Å²) < 4.78 is 5.44. The van der Waals surface area contributed by atoms with E-state index in [0.29, 0.717) is 13.2 Å². The summed E-state index contributed by atoms with van der Waals surface area (Å²) in [5, 5.41) is 9.53. The Morgan fingerprint density at radius 1 is 1.58 bits per heavy atom. The minimum absolute atomic E-state index is 0.00152. The predicted molar refractivity (Wildman–Crippen MR) is 73.6 cm³/mol. The van der Waals surface area contributed by atoms with Crippen LogP contribution in [0.3, 0.4) is 0 Å². The molecule has 0 saturated carbocycles. The molecule has 1 aromatic rings. The summed E-state index contributed by atoms with van der Waals surface area (Å²) in [4.78, 5) is 6.68. The molecule has 0 bridgehead atoms. The molecule has 1 fully saturated rings. The summed E-state index contributed by atoms with van der Waals surface area (Å²) in [6.07, 6.45) is 2.66. The van der Waals surface area contributed by atoms with Gasteiger partial charge in [-0.2, -0.15) is 0 Å². The maximum Gasteiger partial charge on any atom is 0.0678 e. The first-order valence-corrected chi connectivity index (χ1v) is 6.88. The smallest absolute Gasteiger partial charge is 0.0678 e. The van der Waals surface area contributed by atoms with E-state index in [1.165, 1.54) is 0 Å². The first kappa shape index (κ1) is 14.4. The number of morpholine rings is 1. The molecule has 0 aliphatic carbocycles. The van der Waals surface area contributed by atoms with Crippen molar-refractivity contribution in [1.82, 2.24) is 9.88 Å². The molecule has 1 aliphatic rings. The third-order valence-corrected chi connectivity index (χ3v) is 3.71. The molecule has 1 aromatic heterocycles. The number of nitrogens with zero attached hydrogens (tertiary/aromatic N) is 2. The molecule has 3 unspecified atom stereocenters. The average molecular weight is 265 g/mol. The van der Waals surface area contributed by atoms with Gasteiger partial charge >= 0.3 is 0 Å². The van der Waals surface area contributed by atoms with Crippen LogP contribution in [0, 0.1) is 0 Å². The summed E-state index contributed by atoms with van der Waals surface area (Å²) >= 11 is 0. The monoisotopic (exact) mass is 265 g/mol. The van der Waals surface area contributed by atoms with Gasteiger partial charge in [0.05, 0.1) is 37.6 Å². The maximum absolute atomic E-state index is 9.53. The van der Waals surface area contributed by atoms with E-state index in [-0.39, 0.29) is 24.7 Å². The molecule has 3 atom stereocenters. The second-order valence-electron chi connectivity index (χ2n) is 4.92. The Balaban J connectivity index is 2.26. The summed E-state index contributed by atoms with van der Waals surface area (Å²) in [5.41, 5.74) is 7.26. The lowest BCUT2D eigenvalue weighted by molar-refractivity contribution is -0.0535. The van der Waals surface area contributed by atoms with Crippen molar-refractivity contribution in [3.63, 3.8) is 0 Å². The van der Waals surface area contributed by atoms with E-state index in [1.54, 1.807) is 6.20 Å². The zero-order valence-electron chi connectivity index (χ0n) is 11.4. The molecule has 0 radical (unpaired) electrons. The molecule has 106 valence electrons. The average Bonchev–Trinajstić information content (AvgIpc) is 2.49. The van der Waals surface area contributed by atoms with Gasteiger partial charge in [-0.1, -0.05) is 13.0 Å². The minimum atomic E-state index is -0.00152. The Labute approximate surface area is 114 Å². The van der Waals surface area contributed by atoms with Crippen molar-refractivity contribution in [2.24, 2.45) is 5.73 Å². The van der Waals surface area contributed by atoms with Crippen LogP contribution in [0.15, 0.2) is 24.4 Å². The van der Waals surface area contributed by atoms with Crippen molar-refractivity contribution >= 4 is 0 Å². The largest absolute Gasteiger partial charge is 0.395 e. The van der Waals surface area contributed by atoms with Gasteiger partial charge in [0.2, 0.25) is 0 Å². The van der Waals surface area contributed by atoms with Crippen molar-refractivity contribution in [1.29, 1.82) is 0 Å². The van der Waals surface area contributed by atoms with Gasteiger partial charge in [0.15, 0.2) is 0 Å².